The van der Waals surface area contributed by atoms with Crippen molar-refractivity contribution in [3.8, 4) is 0 Å². The van der Waals surface area contributed by atoms with Crippen LogP contribution in [0.1, 0.15) is 24.2 Å². The fourth-order valence-electron chi connectivity index (χ4n) is 2.54. The lowest BCUT2D eigenvalue weighted by Gasteiger charge is -2.18. The van der Waals surface area contributed by atoms with E-state index in [9.17, 15) is 24.1 Å². The summed E-state index contributed by atoms with van der Waals surface area (Å²) >= 11 is 0. The van der Waals surface area contributed by atoms with Gasteiger partial charge in [0.2, 0.25) is 11.7 Å². The molecule has 0 bridgehead atoms. The molecule has 0 unspecified atom stereocenters. The molecule has 2 N–H and O–H groups in total. The zero-order chi connectivity index (χ0) is 20.7. The molecular weight excluding hydrogens is 367 g/mol. The van der Waals surface area contributed by atoms with Gasteiger partial charge < -0.3 is 15.5 Å². The Hall–Kier alpha value is -3.49. The Morgan fingerprint density at radius 3 is 2.25 bits per heavy atom. The highest BCUT2D eigenvalue weighted by Crippen LogP contribution is 2.21. The third-order valence-electron chi connectivity index (χ3n) is 4.06. The van der Waals surface area contributed by atoms with Crippen molar-refractivity contribution in [1.29, 1.82) is 0 Å². The minimum absolute atomic E-state index is 0.0811. The molecule has 0 aliphatic heterocycles. The molecular formula is C19H21FN4O4. The van der Waals surface area contributed by atoms with E-state index in [1.165, 1.54) is 6.07 Å². The largest absolute Gasteiger partial charge is 0.376 e. The smallest absolute Gasteiger partial charge is 0.306 e. The number of benzene rings is 2. The van der Waals surface area contributed by atoms with E-state index in [1.807, 2.05) is 13.8 Å². The normalized spacial score (nSPS) is 10.2. The average Bonchev–Trinajstić information content (AvgIpc) is 2.68. The molecule has 0 atom stereocenters. The molecule has 148 valence electrons. The summed E-state index contributed by atoms with van der Waals surface area (Å²) in [6.45, 7) is 4.86. The van der Waals surface area contributed by atoms with Crippen molar-refractivity contribution >= 4 is 28.9 Å². The van der Waals surface area contributed by atoms with E-state index >= 15 is 0 Å². The van der Waals surface area contributed by atoms with Crippen LogP contribution in [-0.4, -0.2) is 41.3 Å². The average molecular weight is 388 g/mol. The lowest BCUT2D eigenvalue weighted by molar-refractivity contribution is -0.387. The predicted octanol–water partition coefficient (Wildman–Crippen LogP) is 3.27. The number of anilines is 2. The quantitative estimate of drug-likeness (QED) is 0.533. The summed E-state index contributed by atoms with van der Waals surface area (Å²) < 4.78 is 13.3. The number of hydrogen-bond donors (Lipinski definition) is 2. The Morgan fingerprint density at radius 1 is 1.07 bits per heavy atom. The van der Waals surface area contributed by atoms with E-state index in [2.05, 4.69) is 10.6 Å². The Morgan fingerprint density at radius 2 is 1.68 bits per heavy atom. The van der Waals surface area contributed by atoms with Gasteiger partial charge in [0.05, 0.1) is 11.5 Å². The van der Waals surface area contributed by atoms with Gasteiger partial charge in [-0.1, -0.05) is 0 Å². The predicted molar refractivity (Wildman–Crippen MR) is 104 cm³/mol. The number of rotatable bonds is 8. The molecule has 9 heteroatoms. The molecule has 2 aromatic carbocycles. The van der Waals surface area contributed by atoms with Crippen molar-refractivity contribution in [1.82, 2.24) is 4.90 Å². The van der Waals surface area contributed by atoms with Crippen LogP contribution in [0.15, 0.2) is 42.5 Å². The van der Waals surface area contributed by atoms with E-state index in [0.29, 0.717) is 24.3 Å². The zero-order valence-corrected chi connectivity index (χ0v) is 15.6. The lowest BCUT2D eigenvalue weighted by atomic mass is 10.1. The number of nitro benzene ring substituents is 1. The van der Waals surface area contributed by atoms with Gasteiger partial charge in [-0.15, -0.1) is 0 Å². The molecule has 2 aromatic rings. The van der Waals surface area contributed by atoms with E-state index in [4.69, 9.17) is 0 Å². The van der Waals surface area contributed by atoms with Crippen molar-refractivity contribution < 1.29 is 18.9 Å². The summed E-state index contributed by atoms with van der Waals surface area (Å²) in [4.78, 5) is 35.9. The molecule has 2 amide bonds. The second-order valence-electron chi connectivity index (χ2n) is 5.88. The molecule has 0 aromatic heterocycles. The van der Waals surface area contributed by atoms with E-state index in [-0.39, 0.29) is 18.1 Å². The van der Waals surface area contributed by atoms with Gasteiger partial charge in [0, 0.05) is 36.1 Å². The van der Waals surface area contributed by atoms with Crippen LogP contribution in [0.3, 0.4) is 0 Å². The van der Waals surface area contributed by atoms with Gasteiger partial charge in [0.1, 0.15) is 0 Å². The maximum atomic E-state index is 13.3. The van der Waals surface area contributed by atoms with Gasteiger partial charge in [-0.2, -0.15) is 4.39 Å². The van der Waals surface area contributed by atoms with Crippen molar-refractivity contribution in [2.75, 3.05) is 30.3 Å². The van der Waals surface area contributed by atoms with E-state index < -0.39 is 22.3 Å². The molecule has 0 aliphatic rings. The van der Waals surface area contributed by atoms with Crippen LogP contribution in [0, 0.1) is 15.9 Å². The number of hydrogen-bond acceptors (Lipinski definition) is 5. The molecule has 0 saturated heterocycles. The fraction of sp³-hybridized carbons (Fsp3) is 0.263. The van der Waals surface area contributed by atoms with Gasteiger partial charge in [-0.05, 0) is 50.2 Å². The Kier molecular flexibility index (Phi) is 7.02. The molecule has 2 rings (SSSR count). The van der Waals surface area contributed by atoms with Gasteiger partial charge >= 0.3 is 5.69 Å². The fourth-order valence-corrected chi connectivity index (χ4v) is 2.54. The summed E-state index contributed by atoms with van der Waals surface area (Å²) in [5.74, 6) is -1.42. The van der Waals surface area contributed by atoms with Gasteiger partial charge in [-0.3, -0.25) is 19.7 Å². The van der Waals surface area contributed by atoms with Gasteiger partial charge in [-0.25, -0.2) is 0 Å². The molecule has 0 aliphatic carbocycles. The first-order valence-electron chi connectivity index (χ1n) is 8.72. The third-order valence-corrected chi connectivity index (χ3v) is 4.06. The standard InChI is InChI=1S/C19H21FN4O4/c1-3-23(4-2)19(26)13-5-7-14(8-6-13)22-18(25)12-21-15-9-10-16(20)17(11-15)24(27)28/h5-11,21H,3-4,12H2,1-2H3,(H,22,25). The number of nitrogens with one attached hydrogen (secondary N) is 2. The minimum Gasteiger partial charge on any atom is -0.376 e. The number of carbonyl (C=O) groups excluding carboxylic acids is 2. The number of amides is 2. The highest BCUT2D eigenvalue weighted by Gasteiger charge is 2.15. The van der Waals surface area contributed by atoms with Crippen LogP contribution in [0.25, 0.3) is 0 Å². The summed E-state index contributed by atoms with van der Waals surface area (Å²) in [5.41, 5.74) is 0.619. The second-order valence-corrected chi connectivity index (χ2v) is 5.88. The molecule has 28 heavy (non-hydrogen) atoms. The van der Waals surface area contributed by atoms with Crippen molar-refractivity contribution in [2.45, 2.75) is 13.8 Å². The highest BCUT2D eigenvalue weighted by atomic mass is 19.1. The molecule has 8 nitrogen and oxygen atoms in total. The Balaban J connectivity index is 1.94. The minimum atomic E-state index is -0.945. The summed E-state index contributed by atoms with van der Waals surface area (Å²) in [6.07, 6.45) is 0. The second kappa shape index (κ2) is 9.45. The van der Waals surface area contributed by atoms with E-state index in [1.54, 1.807) is 29.2 Å². The van der Waals surface area contributed by atoms with Crippen molar-refractivity contribution in [3.05, 3.63) is 64.0 Å². The highest BCUT2D eigenvalue weighted by molar-refractivity contribution is 5.96. The van der Waals surface area contributed by atoms with Crippen molar-refractivity contribution in [2.24, 2.45) is 0 Å². The Labute approximate surface area is 161 Å². The van der Waals surface area contributed by atoms with Crippen LogP contribution in [-0.2, 0) is 4.79 Å². The lowest BCUT2D eigenvalue weighted by Crippen LogP contribution is -2.30. The number of nitrogens with zero attached hydrogens (tertiary/aromatic N) is 2. The first kappa shape index (κ1) is 20.8. The molecule has 0 fully saturated rings. The molecule has 0 saturated carbocycles. The Bertz CT molecular complexity index is 867. The van der Waals surface area contributed by atoms with E-state index in [0.717, 1.165) is 12.1 Å². The SMILES string of the molecule is CCN(CC)C(=O)c1ccc(NC(=O)CNc2ccc(F)c([N+](=O)[O-])c2)cc1. The number of carbonyl (C=O) groups is 2. The number of nitro groups is 1. The van der Waals surface area contributed by atoms with Crippen molar-refractivity contribution in [3.63, 3.8) is 0 Å². The zero-order valence-electron chi connectivity index (χ0n) is 15.6. The van der Waals surface area contributed by atoms with Gasteiger partial charge in [0.25, 0.3) is 5.91 Å². The number of halogens is 1. The maximum absolute atomic E-state index is 13.3. The summed E-state index contributed by atoms with van der Waals surface area (Å²) in [5, 5.41) is 16.1. The van der Waals surface area contributed by atoms with Gasteiger partial charge in [0.15, 0.2) is 0 Å². The monoisotopic (exact) mass is 388 g/mol. The molecule has 0 spiro atoms. The topological polar surface area (TPSA) is 105 Å². The van der Waals surface area contributed by atoms with Crippen LogP contribution >= 0.6 is 0 Å². The van der Waals surface area contributed by atoms with Crippen LogP contribution in [0.2, 0.25) is 0 Å². The maximum Gasteiger partial charge on any atom is 0.306 e. The molecule has 0 heterocycles. The molecule has 0 radical (unpaired) electrons. The summed E-state index contributed by atoms with van der Waals surface area (Å²) in [7, 11) is 0. The van der Waals surface area contributed by atoms with Crippen LogP contribution < -0.4 is 10.6 Å². The van der Waals surface area contributed by atoms with Crippen LogP contribution in [0.4, 0.5) is 21.5 Å². The first-order chi connectivity index (χ1) is 13.3. The third kappa shape index (κ3) is 5.26. The summed E-state index contributed by atoms with van der Waals surface area (Å²) in [6, 6.07) is 9.80. The van der Waals surface area contributed by atoms with Crippen LogP contribution in [0.5, 0.6) is 0 Å². The first-order valence-corrected chi connectivity index (χ1v) is 8.72.